The summed E-state index contributed by atoms with van der Waals surface area (Å²) in [5.41, 5.74) is -0.577. The molecular weight excluding hydrogens is 203 g/mol. The predicted octanol–water partition coefficient (Wildman–Crippen LogP) is 3.54. The molecule has 0 aliphatic heterocycles. The third-order valence-electron chi connectivity index (χ3n) is 2.58. The van der Waals surface area contributed by atoms with Gasteiger partial charge in [-0.1, -0.05) is 18.9 Å². The standard InChI is InChI=1S/C11H16F3N/c1-9(11(12,13)14)5-4-8-15-10-6-2-3-7-10/h4-5,8,10,15H,2-3,6-7H2,1H3/b8-4+,9-5+. The monoisotopic (exact) mass is 219 g/mol. The van der Waals surface area contributed by atoms with Crippen LogP contribution in [-0.2, 0) is 0 Å². The van der Waals surface area contributed by atoms with E-state index in [-0.39, 0.29) is 0 Å². The van der Waals surface area contributed by atoms with Gasteiger partial charge in [0.1, 0.15) is 0 Å². The van der Waals surface area contributed by atoms with Crippen LogP contribution in [0.4, 0.5) is 13.2 Å². The zero-order valence-corrected chi connectivity index (χ0v) is 8.77. The fraction of sp³-hybridized carbons (Fsp3) is 0.636. The van der Waals surface area contributed by atoms with E-state index in [2.05, 4.69) is 5.32 Å². The lowest BCUT2D eigenvalue weighted by Gasteiger charge is -2.08. The summed E-state index contributed by atoms with van der Waals surface area (Å²) in [6.45, 7) is 1.07. The molecule has 86 valence electrons. The normalized spacial score (nSPS) is 20.1. The van der Waals surface area contributed by atoms with E-state index in [1.807, 2.05) is 0 Å². The smallest absolute Gasteiger partial charge is 0.388 e. The van der Waals surface area contributed by atoms with Crippen molar-refractivity contribution in [2.45, 2.75) is 44.8 Å². The Morgan fingerprint density at radius 1 is 1.27 bits per heavy atom. The van der Waals surface area contributed by atoms with Gasteiger partial charge >= 0.3 is 6.18 Å². The number of halogens is 3. The van der Waals surface area contributed by atoms with Gasteiger partial charge in [-0.2, -0.15) is 13.2 Å². The molecule has 0 unspecified atom stereocenters. The molecular formula is C11H16F3N. The Bertz CT molecular complexity index is 247. The SMILES string of the molecule is C/C(=C\C=C\NC1CCCC1)C(F)(F)F. The first-order valence-electron chi connectivity index (χ1n) is 5.17. The van der Waals surface area contributed by atoms with Crippen molar-refractivity contribution in [3.05, 3.63) is 23.9 Å². The van der Waals surface area contributed by atoms with Crippen LogP contribution in [-0.4, -0.2) is 12.2 Å². The van der Waals surface area contributed by atoms with Crippen molar-refractivity contribution in [3.63, 3.8) is 0 Å². The van der Waals surface area contributed by atoms with Crippen molar-refractivity contribution in [2.24, 2.45) is 0 Å². The summed E-state index contributed by atoms with van der Waals surface area (Å²) in [5, 5.41) is 3.10. The van der Waals surface area contributed by atoms with Crippen LogP contribution in [0, 0.1) is 0 Å². The van der Waals surface area contributed by atoms with Gasteiger partial charge in [-0.15, -0.1) is 0 Å². The Hall–Kier alpha value is -0.930. The number of alkyl halides is 3. The van der Waals surface area contributed by atoms with E-state index in [1.54, 1.807) is 6.20 Å². The lowest BCUT2D eigenvalue weighted by Crippen LogP contribution is -2.19. The lowest BCUT2D eigenvalue weighted by molar-refractivity contribution is -0.0912. The van der Waals surface area contributed by atoms with Crippen molar-refractivity contribution < 1.29 is 13.2 Å². The molecule has 1 fully saturated rings. The Morgan fingerprint density at radius 2 is 1.87 bits per heavy atom. The van der Waals surface area contributed by atoms with E-state index in [0.29, 0.717) is 6.04 Å². The van der Waals surface area contributed by atoms with Crippen LogP contribution in [0.2, 0.25) is 0 Å². The van der Waals surface area contributed by atoms with Gasteiger partial charge in [-0.3, -0.25) is 0 Å². The molecule has 1 N–H and O–H groups in total. The van der Waals surface area contributed by atoms with Crippen molar-refractivity contribution in [2.75, 3.05) is 0 Å². The largest absolute Gasteiger partial charge is 0.412 e. The second-order valence-electron chi connectivity index (χ2n) is 3.85. The average molecular weight is 219 g/mol. The number of rotatable bonds is 3. The molecule has 1 rings (SSSR count). The van der Waals surface area contributed by atoms with Crippen LogP contribution in [0.15, 0.2) is 23.9 Å². The minimum atomic E-state index is -4.21. The first-order chi connectivity index (χ1) is 7.00. The molecule has 0 aromatic heterocycles. The number of hydrogen-bond donors (Lipinski definition) is 1. The van der Waals surface area contributed by atoms with Gasteiger partial charge in [0.15, 0.2) is 0 Å². The van der Waals surface area contributed by atoms with Crippen molar-refractivity contribution in [1.29, 1.82) is 0 Å². The number of hydrogen-bond acceptors (Lipinski definition) is 1. The highest BCUT2D eigenvalue weighted by Crippen LogP contribution is 2.24. The molecule has 0 aromatic rings. The molecule has 1 aliphatic rings. The Balaban J connectivity index is 2.32. The molecule has 0 heterocycles. The van der Waals surface area contributed by atoms with Crippen molar-refractivity contribution >= 4 is 0 Å². The number of nitrogens with one attached hydrogen (secondary N) is 1. The minimum Gasteiger partial charge on any atom is -0.388 e. The highest BCUT2D eigenvalue weighted by molar-refractivity contribution is 5.14. The second kappa shape index (κ2) is 5.24. The summed E-state index contributed by atoms with van der Waals surface area (Å²) in [7, 11) is 0. The molecule has 0 aromatic carbocycles. The van der Waals surface area contributed by atoms with Gasteiger partial charge in [-0.05, 0) is 32.0 Å². The zero-order chi connectivity index (χ0) is 11.3. The third-order valence-corrected chi connectivity index (χ3v) is 2.58. The summed E-state index contributed by atoms with van der Waals surface area (Å²) in [4.78, 5) is 0. The van der Waals surface area contributed by atoms with Crippen LogP contribution >= 0.6 is 0 Å². The van der Waals surface area contributed by atoms with Gasteiger partial charge in [0.2, 0.25) is 0 Å². The van der Waals surface area contributed by atoms with E-state index in [4.69, 9.17) is 0 Å². The maximum absolute atomic E-state index is 12.1. The third kappa shape index (κ3) is 4.40. The molecule has 0 bridgehead atoms. The van der Waals surface area contributed by atoms with Gasteiger partial charge in [0, 0.05) is 11.6 Å². The minimum absolute atomic E-state index is 0.445. The molecule has 0 radical (unpaired) electrons. The first-order valence-corrected chi connectivity index (χ1v) is 5.17. The maximum atomic E-state index is 12.1. The van der Waals surface area contributed by atoms with Crippen LogP contribution in [0.3, 0.4) is 0 Å². The molecule has 1 saturated carbocycles. The van der Waals surface area contributed by atoms with Gasteiger partial charge in [0.25, 0.3) is 0 Å². The van der Waals surface area contributed by atoms with Gasteiger partial charge in [-0.25, -0.2) is 0 Å². The summed E-state index contributed by atoms with van der Waals surface area (Å²) in [6.07, 6.45) is 4.55. The summed E-state index contributed by atoms with van der Waals surface area (Å²) in [6, 6.07) is 0.445. The Morgan fingerprint density at radius 3 is 2.40 bits per heavy atom. The molecule has 0 saturated heterocycles. The molecule has 0 amide bonds. The molecule has 4 heteroatoms. The van der Waals surface area contributed by atoms with E-state index >= 15 is 0 Å². The summed E-state index contributed by atoms with van der Waals surface area (Å²) < 4.78 is 36.2. The highest BCUT2D eigenvalue weighted by Gasteiger charge is 2.29. The molecule has 0 spiro atoms. The Labute approximate surface area is 88.1 Å². The maximum Gasteiger partial charge on any atom is 0.412 e. The quantitative estimate of drug-likeness (QED) is 0.716. The van der Waals surface area contributed by atoms with Gasteiger partial charge in [0.05, 0.1) is 0 Å². The molecule has 0 atom stereocenters. The van der Waals surface area contributed by atoms with Crippen molar-refractivity contribution in [3.8, 4) is 0 Å². The summed E-state index contributed by atoms with van der Waals surface area (Å²) in [5.74, 6) is 0. The van der Waals surface area contributed by atoms with Gasteiger partial charge < -0.3 is 5.32 Å². The molecule has 15 heavy (non-hydrogen) atoms. The topological polar surface area (TPSA) is 12.0 Å². The molecule has 1 nitrogen and oxygen atoms in total. The van der Waals surface area contributed by atoms with E-state index in [0.717, 1.165) is 25.8 Å². The van der Waals surface area contributed by atoms with Crippen LogP contribution in [0.5, 0.6) is 0 Å². The van der Waals surface area contributed by atoms with Crippen LogP contribution in [0.25, 0.3) is 0 Å². The zero-order valence-electron chi connectivity index (χ0n) is 8.77. The fourth-order valence-electron chi connectivity index (χ4n) is 1.57. The first kappa shape index (κ1) is 12.1. The van der Waals surface area contributed by atoms with Crippen molar-refractivity contribution in [1.82, 2.24) is 5.32 Å². The van der Waals surface area contributed by atoms with Crippen LogP contribution in [0.1, 0.15) is 32.6 Å². The average Bonchev–Trinajstić information content (AvgIpc) is 2.63. The number of allylic oxidation sites excluding steroid dienone is 3. The summed E-state index contributed by atoms with van der Waals surface area (Å²) >= 11 is 0. The predicted molar refractivity (Wildman–Crippen MR) is 54.3 cm³/mol. The van der Waals surface area contributed by atoms with E-state index < -0.39 is 11.7 Å². The van der Waals surface area contributed by atoms with Crippen LogP contribution < -0.4 is 5.32 Å². The van der Waals surface area contributed by atoms with E-state index in [1.165, 1.54) is 18.9 Å². The highest BCUT2D eigenvalue weighted by atomic mass is 19.4. The Kier molecular flexibility index (Phi) is 4.24. The van der Waals surface area contributed by atoms with E-state index in [9.17, 15) is 13.2 Å². The lowest BCUT2D eigenvalue weighted by atomic mass is 10.2. The molecule has 1 aliphatic carbocycles. The second-order valence-corrected chi connectivity index (χ2v) is 3.85. The fourth-order valence-corrected chi connectivity index (χ4v) is 1.57.